The SMILES string of the molecule is Sc1ccc2nc(CCl)oc2c1. The molecule has 0 unspecified atom stereocenters. The van der Waals surface area contributed by atoms with Gasteiger partial charge in [0.25, 0.3) is 0 Å². The zero-order valence-electron chi connectivity index (χ0n) is 6.12. The van der Waals surface area contributed by atoms with Gasteiger partial charge in [0.05, 0.1) is 5.88 Å². The minimum atomic E-state index is 0.302. The summed E-state index contributed by atoms with van der Waals surface area (Å²) in [6.07, 6.45) is 0. The molecule has 0 atom stereocenters. The quantitative estimate of drug-likeness (QED) is 0.565. The number of rotatable bonds is 1. The fourth-order valence-electron chi connectivity index (χ4n) is 1.02. The highest BCUT2D eigenvalue weighted by atomic mass is 35.5. The molecule has 62 valence electrons. The first-order chi connectivity index (χ1) is 5.79. The summed E-state index contributed by atoms with van der Waals surface area (Å²) in [4.78, 5) is 5.00. The molecule has 0 spiro atoms. The van der Waals surface area contributed by atoms with Crippen LogP contribution < -0.4 is 0 Å². The van der Waals surface area contributed by atoms with Crippen LogP contribution in [0.3, 0.4) is 0 Å². The number of alkyl halides is 1. The van der Waals surface area contributed by atoms with E-state index in [0.29, 0.717) is 11.8 Å². The molecule has 2 rings (SSSR count). The molecule has 1 aromatic carbocycles. The van der Waals surface area contributed by atoms with Crippen molar-refractivity contribution in [3.8, 4) is 0 Å². The Labute approximate surface area is 80.0 Å². The highest BCUT2D eigenvalue weighted by Gasteiger charge is 2.03. The molecule has 0 bridgehead atoms. The maximum atomic E-state index is 5.56. The summed E-state index contributed by atoms with van der Waals surface area (Å²) in [7, 11) is 0. The van der Waals surface area contributed by atoms with E-state index < -0.39 is 0 Å². The molecule has 4 heteroatoms. The smallest absolute Gasteiger partial charge is 0.210 e. The summed E-state index contributed by atoms with van der Waals surface area (Å²) in [6, 6.07) is 5.55. The predicted molar refractivity (Wildman–Crippen MR) is 50.8 cm³/mol. The number of halogens is 1. The molecule has 0 saturated heterocycles. The van der Waals surface area contributed by atoms with Gasteiger partial charge in [0, 0.05) is 4.90 Å². The number of hydrogen-bond donors (Lipinski definition) is 1. The fourth-order valence-corrected chi connectivity index (χ4v) is 1.32. The van der Waals surface area contributed by atoms with Gasteiger partial charge in [0.15, 0.2) is 5.58 Å². The molecular formula is C8H6ClNOS. The summed E-state index contributed by atoms with van der Waals surface area (Å²) in [5.41, 5.74) is 1.56. The first-order valence-electron chi connectivity index (χ1n) is 3.44. The van der Waals surface area contributed by atoms with E-state index in [0.717, 1.165) is 16.0 Å². The van der Waals surface area contributed by atoms with Gasteiger partial charge in [-0.15, -0.1) is 24.2 Å². The van der Waals surface area contributed by atoms with Crippen molar-refractivity contribution in [2.45, 2.75) is 10.8 Å². The molecule has 0 radical (unpaired) electrons. The van der Waals surface area contributed by atoms with E-state index >= 15 is 0 Å². The average Bonchev–Trinajstić information content (AvgIpc) is 2.46. The van der Waals surface area contributed by atoms with Crippen LogP contribution in [-0.4, -0.2) is 4.98 Å². The summed E-state index contributed by atoms with van der Waals surface area (Å²) in [5.74, 6) is 0.849. The van der Waals surface area contributed by atoms with Crippen molar-refractivity contribution >= 4 is 35.3 Å². The average molecular weight is 200 g/mol. The van der Waals surface area contributed by atoms with Crippen LogP contribution in [0.1, 0.15) is 5.89 Å². The van der Waals surface area contributed by atoms with Gasteiger partial charge in [-0.25, -0.2) is 4.98 Å². The van der Waals surface area contributed by atoms with E-state index in [9.17, 15) is 0 Å². The Kier molecular flexibility index (Phi) is 1.98. The predicted octanol–water partition coefficient (Wildman–Crippen LogP) is 2.86. The maximum Gasteiger partial charge on any atom is 0.210 e. The highest BCUT2D eigenvalue weighted by Crippen LogP contribution is 2.19. The monoisotopic (exact) mass is 199 g/mol. The first kappa shape index (κ1) is 7.95. The molecule has 1 heterocycles. The van der Waals surface area contributed by atoms with Gasteiger partial charge in [-0.3, -0.25) is 0 Å². The van der Waals surface area contributed by atoms with E-state index in [1.54, 1.807) is 0 Å². The Balaban J connectivity index is 2.67. The number of thiol groups is 1. The van der Waals surface area contributed by atoms with Crippen molar-refractivity contribution < 1.29 is 4.42 Å². The molecule has 0 amide bonds. The topological polar surface area (TPSA) is 26.0 Å². The van der Waals surface area contributed by atoms with Crippen LogP contribution in [0.25, 0.3) is 11.1 Å². The Morgan fingerprint density at radius 2 is 2.33 bits per heavy atom. The van der Waals surface area contributed by atoms with Gasteiger partial charge in [0.1, 0.15) is 5.52 Å². The van der Waals surface area contributed by atoms with Gasteiger partial charge < -0.3 is 4.42 Å². The van der Waals surface area contributed by atoms with Crippen molar-refractivity contribution in [3.05, 3.63) is 24.1 Å². The summed E-state index contributed by atoms with van der Waals surface area (Å²) < 4.78 is 5.31. The molecule has 0 aliphatic rings. The molecule has 0 aliphatic heterocycles. The highest BCUT2D eigenvalue weighted by molar-refractivity contribution is 7.80. The van der Waals surface area contributed by atoms with Crippen LogP contribution in [0.5, 0.6) is 0 Å². The van der Waals surface area contributed by atoms with Crippen molar-refractivity contribution in [2.75, 3.05) is 0 Å². The number of aromatic nitrogens is 1. The zero-order valence-corrected chi connectivity index (χ0v) is 7.77. The normalized spacial score (nSPS) is 10.8. The van der Waals surface area contributed by atoms with Gasteiger partial charge in [0.2, 0.25) is 5.89 Å². The molecular weight excluding hydrogens is 194 g/mol. The number of nitrogens with zero attached hydrogens (tertiary/aromatic N) is 1. The second kappa shape index (κ2) is 2.99. The van der Waals surface area contributed by atoms with Crippen LogP contribution in [0.4, 0.5) is 0 Å². The second-order valence-electron chi connectivity index (χ2n) is 2.39. The number of oxazole rings is 1. The van der Waals surface area contributed by atoms with E-state index in [4.69, 9.17) is 16.0 Å². The summed E-state index contributed by atoms with van der Waals surface area (Å²) in [5, 5.41) is 0. The Bertz CT molecular complexity index is 412. The molecule has 0 aliphatic carbocycles. The lowest BCUT2D eigenvalue weighted by molar-refractivity contribution is 0.554. The Morgan fingerprint density at radius 3 is 3.08 bits per heavy atom. The molecule has 1 aromatic heterocycles. The third-order valence-electron chi connectivity index (χ3n) is 1.53. The van der Waals surface area contributed by atoms with Crippen molar-refractivity contribution in [1.29, 1.82) is 0 Å². The molecule has 0 saturated carbocycles. The lowest BCUT2D eigenvalue weighted by Gasteiger charge is -1.87. The van der Waals surface area contributed by atoms with E-state index in [1.165, 1.54) is 0 Å². The summed E-state index contributed by atoms with van der Waals surface area (Å²) in [6.45, 7) is 0. The van der Waals surface area contributed by atoms with E-state index in [2.05, 4.69) is 17.6 Å². The number of fused-ring (bicyclic) bond motifs is 1. The third-order valence-corrected chi connectivity index (χ3v) is 2.04. The second-order valence-corrected chi connectivity index (χ2v) is 3.18. The molecule has 0 fully saturated rings. The lowest BCUT2D eigenvalue weighted by Crippen LogP contribution is -1.72. The molecule has 2 nitrogen and oxygen atoms in total. The van der Waals surface area contributed by atoms with Crippen LogP contribution in [0.2, 0.25) is 0 Å². The van der Waals surface area contributed by atoms with Crippen LogP contribution in [0, 0.1) is 0 Å². The van der Waals surface area contributed by atoms with Crippen molar-refractivity contribution in [1.82, 2.24) is 4.98 Å². The molecule has 12 heavy (non-hydrogen) atoms. The largest absolute Gasteiger partial charge is 0.439 e. The minimum Gasteiger partial charge on any atom is -0.439 e. The van der Waals surface area contributed by atoms with E-state index in [-0.39, 0.29) is 0 Å². The van der Waals surface area contributed by atoms with Crippen molar-refractivity contribution in [3.63, 3.8) is 0 Å². The first-order valence-corrected chi connectivity index (χ1v) is 4.42. The minimum absolute atomic E-state index is 0.302. The Morgan fingerprint density at radius 1 is 1.50 bits per heavy atom. The fraction of sp³-hybridized carbons (Fsp3) is 0.125. The van der Waals surface area contributed by atoms with Crippen molar-refractivity contribution in [2.24, 2.45) is 0 Å². The van der Waals surface area contributed by atoms with E-state index in [1.807, 2.05) is 18.2 Å². The van der Waals surface area contributed by atoms with Crippen LogP contribution in [-0.2, 0) is 5.88 Å². The zero-order chi connectivity index (χ0) is 8.55. The number of benzene rings is 1. The van der Waals surface area contributed by atoms with Gasteiger partial charge in [-0.1, -0.05) is 0 Å². The van der Waals surface area contributed by atoms with Crippen LogP contribution in [0.15, 0.2) is 27.5 Å². The standard InChI is InChI=1S/C8H6ClNOS/c9-4-8-10-6-2-1-5(12)3-7(6)11-8/h1-3,12H,4H2. The van der Waals surface area contributed by atoms with Gasteiger partial charge in [-0.2, -0.15) is 0 Å². The lowest BCUT2D eigenvalue weighted by atomic mass is 10.3. The maximum absolute atomic E-state index is 5.56. The Hall–Kier alpha value is -0.670. The third kappa shape index (κ3) is 1.30. The van der Waals surface area contributed by atoms with Gasteiger partial charge in [-0.05, 0) is 18.2 Å². The van der Waals surface area contributed by atoms with Crippen LogP contribution >= 0.6 is 24.2 Å². The van der Waals surface area contributed by atoms with Gasteiger partial charge >= 0.3 is 0 Å². The molecule has 0 N–H and O–H groups in total. The molecule has 2 aromatic rings. The number of hydrogen-bond acceptors (Lipinski definition) is 3. The summed E-state index contributed by atoms with van der Waals surface area (Å²) >= 11 is 9.74.